The molecule has 6 heterocycles. The van der Waals surface area contributed by atoms with E-state index in [1.165, 1.54) is 6.92 Å². The molecular weight excluding hydrogens is 706 g/mol. The number of carbonyl (C=O) groups is 3. The molecule has 0 spiro atoms. The molecule has 3 saturated heterocycles. The minimum absolute atomic E-state index is 0.0188. The Bertz CT molecular complexity index is 2150. The predicted octanol–water partition coefficient (Wildman–Crippen LogP) is 5.52. The van der Waals surface area contributed by atoms with Crippen molar-refractivity contribution in [3.63, 3.8) is 0 Å². The molecule has 0 bridgehead atoms. The first kappa shape index (κ1) is 36.1. The van der Waals surface area contributed by atoms with Crippen LogP contribution in [0.5, 0.6) is 0 Å². The van der Waals surface area contributed by atoms with Crippen molar-refractivity contribution in [1.82, 2.24) is 29.7 Å². The van der Waals surface area contributed by atoms with Crippen molar-refractivity contribution < 1.29 is 14.4 Å². The Kier molecular flexibility index (Phi) is 10.1. The SMILES string of the molecule is CC(=O)c1c(C)c2cnc(Nc3ccc(N4CCC(N5CCN(c6ccc(C7CCC(=O)NC7=O)c(Cl)c6)CC5)CC4)cn3)nc2n(C2CCCC2)c1=O. The summed E-state index contributed by atoms with van der Waals surface area (Å²) in [6.45, 7) is 8.91. The maximum atomic E-state index is 13.6. The lowest BCUT2D eigenvalue weighted by Crippen LogP contribution is -2.53. The van der Waals surface area contributed by atoms with Crippen molar-refractivity contribution in [3.05, 3.63) is 74.8 Å². The Morgan fingerprint density at radius 1 is 0.852 bits per heavy atom. The number of anilines is 4. The zero-order valence-corrected chi connectivity index (χ0v) is 31.6. The van der Waals surface area contributed by atoms with Gasteiger partial charge in [0, 0.05) is 80.1 Å². The zero-order chi connectivity index (χ0) is 37.5. The molecule has 4 fully saturated rings. The van der Waals surface area contributed by atoms with E-state index in [-0.39, 0.29) is 40.7 Å². The van der Waals surface area contributed by atoms with Gasteiger partial charge in [-0.3, -0.25) is 34.0 Å². The number of benzene rings is 1. The van der Waals surface area contributed by atoms with E-state index in [1.54, 1.807) is 17.7 Å². The first-order chi connectivity index (χ1) is 26.1. The Morgan fingerprint density at radius 3 is 2.24 bits per heavy atom. The Labute approximate surface area is 319 Å². The zero-order valence-electron chi connectivity index (χ0n) is 30.8. The number of aromatic nitrogens is 4. The molecule has 1 unspecified atom stereocenters. The highest BCUT2D eigenvalue weighted by molar-refractivity contribution is 6.32. The third-order valence-corrected chi connectivity index (χ3v) is 12.2. The van der Waals surface area contributed by atoms with Crippen molar-refractivity contribution in [2.24, 2.45) is 0 Å². The average molecular weight is 752 g/mol. The van der Waals surface area contributed by atoms with Crippen LogP contribution in [0.1, 0.15) is 91.7 Å². The topological polar surface area (TPSA) is 146 Å². The molecule has 3 aromatic heterocycles. The van der Waals surface area contributed by atoms with Gasteiger partial charge in [-0.15, -0.1) is 0 Å². The van der Waals surface area contributed by atoms with E-state index in [1.807, 2.05) is 30.5 Å². The maximum Gasteiger partial charge on any atom is 0.263 e. The summed E-state index contributed by atoms with van der Waals surface area (Å²) in [5.41, 5.74) is 4.05. The summed E-state index contributed by atoms with van der Waals surface area (Å²) in [5.74, 6) is -0.145. The number of nitrogens with zero attached hydrogens (tertiary/aromatic N) is 7. The van der Waals surface area contributed by atoms with Crippen LogP contribution >= 0.6 is 11.6 Å². The number of amides is 2. The van der Waals surface area contributed by atoms with Gasteiger partial charge in [0.25, 0.3) is 5.56 Å². The van der Waals surface area contributed by atoms with Gasteiger partial charge < -0.3 is 15.1 Å². The number of pyridine rings is 2. The largest absolute Gasteiger partial charge is 0.370 e. The van der Waals surface area contributed by atoms with Gasteiger partial charge in [0.2, 0.25) is 17.8 Å². The molecule has 1 aliphatic carbocycles. The van der Waals surface area contributed by atoms with Crippen LogP contribution in [0, 0.1) is 6.92 Å². The van der Waals surface area contributed by atoms with E-state index >= 15 is 0 Å². The monoisotopic (exact) mass is 751 g/mol. The van der Waals surface area contributed by atoms with E-state index in [0.717, 1.165) is 94.7 Å². The fourth-order valence-corrected chi connectivity index (χ4v) is 9.20. The number of piperazine rings is 1. The highest BCUT2D eigenvalue weighted by atomic mass is 35.5. The van der Waals surface area contributed by atoms with Crippen LogP contribution in [0.15, 0.2) is 47.5 Å². The summed E-state index contributed by atoms with van der Waals surface area (Å²) in [7, 11) is 0. The number of aryl methyl sites for hydroxylation is 1. The van der Waals surface area contributed by atoms with Gasteiger partial charge in [-0.2, -0.15) is 4.98 Å². The second kappa shape index (κ2) is 15.1. The van der Waals surface area contributed by atoms with Gasteiger partial charge in [-0.05, 0) is 81.3 Å². The first-order valence-electron chi connectivity index (χ1n) is 19.2. The second-order valence-corrected chi connectivity index (χ2v) is 15.5. The molecule has 2 amide bonds. The van der Waals surface area contributed by atoms with Crippen molar-refractivity contribution in [1.29, 1.82) is 0 Å². The normalized spacial score (nSPS) is 20.5. The Hall–Kier alpha value is -4.88. The minimum Gasteiger partial charge on any atom is -0.370 e. The predicted molar refractivity (Wildman–Crippen MR) is 209 cm³/mol. The molecule has 4 aromatic rings. The van der Waals surface area contributed by atoms with Crippen molar-refractivity contribution in [3.8, 4) is 0 Å². The number of halogens is 1. The lowest BCUT2D eigenvalue weighted by atomic mass is 9.90. The van der Waals surface area contributed by atoms with Gasteiger partial charge >= 0.3 is 0 Å². The van der Waals surface area contributed by atoms with Crippen LogP contribution in [0.3, 0.4) is 0 Å². The number of fused-ring (bicyclic) bond motifs is 1. The second-order valence-electron chi connectivity index (χ2n) is 15.1. The van der Waals surface area contributed by atoms with Crippen LogP contribution in [-0.2, 0) is 9.59 Å². The van der Waals surface area contributed by atoms with Gasteiger partial charge in [0.1, 0.15) is 11.5 Å². The van der Waals surface area contributed by atoms with Crippen molar-refractivity contribution in [2.75, 3.05) is 54.4 Å². The van der Waals surface area contributed by atoms with E-state index in [0.29, 0.717) is 52.3 Å². The minimum atomic E-state index is -0.388. The Morgan fingerprint density at radius 2 is 1.57 bits per heavy atom. The number of nitrogens with one attached hydrogen (secondary N) is 2. The third kappa shape index (κ3) is 7.06. The Balaban J connectivity index is 0.862. The number of ketones is 1. The van der Waals surface area contributed by atoms with Crippen LogP contribution in [0.2, 0.25) is 5.02 Å². The van der Waals surface area contributed by atoms with E-state index in [9.17, 15) is 19.2 Å². The van der Waals surface area contributed by atoms with Crippen LogP contribution in [0.25, 0.3) is 11.0 Å². The summed E-state index contributed by atoms with van der Waals surface area (Å²) in [4.78, 5) is 71.4. The molecule has 0 radical (unpaired) electrons. The first-order valence-corrected chi connectivity index (χ1v) is 19.6. The fraction of sp³-hybridized carbons (Fsp3) is 0.475. The number of Topliss-reactive ketones (excluding diaryl/α,β-unsaturated/α-hetero) is 1. The smallest absolute Gasteiger partial charge is 0.263 e. The number of hydrogen-bond donors (Lipinski definition) is 2. The molecular formula is C40H46ClN9O4. The highest BCUT2D eigenvalue weighted by Crippen LogP contribution is 2.35. The van der Waals surface area contributed by atoms with Crippen LogP contribution in [-0.4, -0.2) is 87.3 Å². The van der Waals surface area contributed by atoms with E-state index in [4.69, 9.17) is 16.6 Å². The average Bonchev–Trinajstić information content (AvgIpc) is 3.70. The molecule has 14 heteroatoms. The van der Waals surface area contributed by atoms with Gasteiger partial charge in [-0.25, -0.2) is 9.97 Å². The number of rotatable bonds is 8. The lowest BCUT2D eigenvalue weighted by molar-refractivity contribution is -0.134. The van der Waals surface area contributed by atoms with Crippen molar-refractivity contribution >= 4 is 63.4 Å². The molecule has 4 aliphatic rings. The number of carbonyl (C=O) groups excluding carboxylic acids is 3. The number of piperidine rings is 2. The molecule has 2 N–H and O–H groups in total. The standard InChI is InChI=1S/C40H46ClN9O4/c1-24-32-23-43-40(46-37(32)50(27-5-3-4-6-27)39(54)36(24)25(2)51)44-34-11-8-29(22-42-34)47-15-13-26(14-16-47)48-17-19-49(20-18-48)28-7-9-30(33(41)21-28)31-10-12-35(52)45-38(31)53/h7-9,11,21-23,26-27,31H,3-6,10,12-20H2,1-2H3,(H,45,52,53)(H,42,43,44,46). The third-order valence-electron chi connectivity index (χ3n) is 11.9. The number of imide groups is 1. The van der Waals surface area contributed by atoms with Gasteiger partial charge in [0.05, 0.1) is 23.4 Å². The molecule has 1 aromatic carbocycles. The lowest BCUT2D eigenvalue weighted by Gasteiger charge is -2.43. The maximum absolute atomic E-state index is 13.6. The molecule has 8 rings (SSSR count). The molecule has 3 aliphatic heterocycles. The van der Waals surface area contributed by atoms with E-state index < -0.39 is 0 Å². The number of hydrogen-bond acceptors (Lipinski definition) is 11. The summed E-state index contributed by atoms with van der Waals surface area (Å²) < 4.78 is 1.72. The molecule has 1 atom stereocenters. The van der Waals surface area contributed by atoms with Crippen molar-refractivity contribution in [2.45, 2.75) is 83.2 Å². The fourth-order valence-electron chi connectivity index (χ4n) is 8.89. The molecule has 282 valence electrons. The van der Waals surface area contributed by atoms with Crippen LogP contribution < -0.4 is 26.0 Å². The van der Waals surface area contributed by atoms with Gasteiger partial charge in [0.15, 0.2) is 5.78 Å². The van der Waals surface area contributed by atoms with Crippen LogP contribution in [0.4, 0.5) is 23.1 Å². The summed E-state index contributed by atoms with van der Waals surface area (Å²) >= 11 is 6.67. The summed E-state index contributed by atoms with van der Waals surface area (Å²) in [6, 6.07) is 10.5. The molecule has 1 saturated carbocycles. The molecule has 54 heavy (non-hydrogen) atoms. The summed E-state index contributed by atoms with van der Waals surface area (Å²) in [6.07, 6.45) is 10.4. The molecule has 13 nitrogen and oxygen atoms in total. The highest BCUT2D eigenvalue weighted by Gasteiger charge is 2.31. The van der Waals surface area contributed by atoms with E-state index in [2.05, 4.69) is 41.4 Å². The van der Waals surface area contributed by atoms with Gasteiger partial charge in [-0.1, -0.05) is 30.5 Å². The quantitative estimate of drug-likeness (QED) is 0.173. The summed E-state index contributed by atoms with van der Waals surface area (Å²) in [5, 5.41) is 6.95.